The van der Waals surface area contributed by atoms with E-state index in [4.69, 9.17) is 0 Å². The molecule has 0 bridgehead atoms. The molecule has 0 spiro atoms. The van der Waals surface area contributed by atoms with E-state index in [1.807, 2.05) is 35.1 Å². The highest BCUT2D eigenvalue weighted by Gasteiger charge is 2.20. The molecule has 0 saturated heterocycles. The normalized spacial score (nSPS) is 12.2. The molecule has 0 saturated carbocycles. The van der Waals surface area contributed by atoms with Gasteiger partial charge in [-0.25, -0.2) is 0 Å². The maximum Gasteiger partial charge on any atom is 0.251 e. The summed E-state index contributed by atoms with van der Waals surface area (Å²) in [5.74, 6) is 1.53. The average molecular weight is 327 g/mol. The van der Waals surface area contributed by atoms with Crippen LogP contribution in [-0.4, -0.2) is 37.5 Å². The molecule has 0 aliphatic heterocycles. The third kappa shape index (κ3) is 3.50. The van der Waals surface area contributed by atoms with Gasteiger partial charge >= 0.3 is 0 Å². The van der Waals surface area contributed by atoms with Crippen LogP contribution in [0.25, 0.3) is 5.65 Å². The number of amides is 1. The summed E-state index contributed by atoms with van der Waals surface area (Å²) in [6, 6.07) is 8.94. The second-order valence-electron chi connectivity index (χ2n) is 5.03. The molecule has 1 N–H and O–H groups in total. The zero-order valence-electron chi connectivity index (χ0n) is 12.7. The van der Waals surface area contributed by atoms with Crippen LogP contribution in [0.1, 0.15) is 28.6 Å². The molecule has 0 unspecified atom stereocenters. The average Bonchev–Trinajstić information content (AvgIpc) is 3.03. The van der Waals surface area contributed by atoms with Gasteiger partial charge in [-0.1, -0.05) is 6.07 Å². The number of rotatable bonds is 6. The Hall–Kier alpha value is -2.41. The number of carbonyl (C=O) groups is 1. The minimum Gasteiger partial charge on any atom is -0.342 e. The zero-order chi connectivity index (χ0) is 16.1. The lowest BCUT2D eigenvalue weighted by atomic mass is 10.1. The number of nitrogens with one attached hydrogen (secondary N) is 1. The molecule has 0 aliphatic rings. The lowest BCUT2D eigenvalue weighted by Gasteiger charge is -2.17. The van der Waals surface area contributed by atoms with Crippen molar-refractivity contribution >= 4 is 23.3 Å². The Morgan fingerprint density at radius 2 is 2.09 bits per heavy atom. The summed E-state index contributed by atoms with van der Waals surface area (Å²) < 4.78 is 1.91. The largest absolute Gasteiger partial charge is 0.342 e. The molecule has 1 atom stereocenters. The molecule has 7 heteroatoms. The first kappa shape index (κ1) is 15.5. The van der Waals surface area contributed by atoms with Gasteiger partial charge in [0.1, 0.15) is 0 Å². The van der Waals surface area contributed by atoms with Crippen molar-refractivity contribution in [2.45, 2.75) is 12.5 Å². The number of aromatic nitrogens is 4. The summed E-state index contributed by atoms with van der Waals surface area (Å²) in [7, 11) is 0. The predicted molar refractivity (Wildman–Crippen MR) is 90.4 cm³/mol. The number of fused-ring (bicyclic) bond motifs is 1. The Labute approximate surface area is 138 Å². The fraction of sp³-hybridized carbons (Fsp3) is 0.250. The van der Waals surface area contributed by atoms with Crippen LogP contribution in [0, 0.1) is 0 Å². The smallest absolute Gasteiger partial charge is 0.251 e. The standard InChI is InChI=1S/C16H17N5OS/c1-23-11-7-13(18-16(22)12-5-8-17-9-6-12)15-20-19-14-4-2-3-10-21(14)15/h2-6,8-10,13H,7,11H2,1H3,(H,18,22)/t13-/m1/s1. The summed E-state index contributed by atoms with van der Waals surface area (Å²) in [6.45, 7) is 0. The zero-order valence-corrected chi connectivity index (χ0v) is 13.5. The van der Waals surface area contributed by atoms with Crippen LogP contribution in [-0.2, 0) is 0 Å². The molecule has 3 aromatic heterocycles. The number of carbonyl (C=O) groups excluding carboxylic acids is 1. The molecule has 118 valence electrons. The van der Waals surface area contributed by atoms with Crippen molar-refractivity contribution in [2.75, 3.05) is 12.0 Å². The molecule has 0 aromatic carbocycles. The molecule has 3 aromatic rings. The molecule has 0 aliphatic carbocycles. The second kappa shape index (κ2) is 7.23. The highest BCUT2D eigenvalue weighted by Crippen LogP contribution is 2.18. The van der Waals surface area contributed by atoms with Crippen molar-refractivity contribution in [3.63, 3.8) is 0 Å². The lowest BCUT2D eigenvalue weighted by molar-refractivity contribution is 0.0933. The molecule has 3 heterocycles. The first-order valence-electron chi connectivity index (χ1n) is 7.29. The van der Waals surface area contributed by atoms with Gasteiger partial charge in [0.05, 0.1) is 6.04 Å². The van der Waals surface area contributed by atoms with Gasteiger partial charge in [-0.3, -0.25) is 14.2 Å². The Morgan fingerprint density at radius 3 is 2.87 bits per heavy atom. The van der Waals surface area contributed by atoms with Gasteiger partial charge in [0.25, 0.3) is 5.91 Å². The molecule has 3 rings (SSSR count). The van der Waals surface area contributed by atoms with Gasteiger partial charge in [0.2, 0.25) is 0 Å². The third-order valence-corrected chi connectivity index (χ3v) is 4.15. The van der Waals surface area contributed by atoms with Crippen LogP contribution in [0.2, 0.25) is 0 Å². The van der Waals surface area contributed by atoms with Gasteiger partial charge in [-0.15, -0.1) is 10.2 Å². The summed E-state index contributed by atoms with van der Waals surface area (Å²) in [5.41, 5.74) is 1.36. The molecular formula is C16H17N5OS. The van der Waals surface area contributed by atoms with Gasteiger partial charge in [0, 0.05) is 24.2 Å². The summed E-state index contributed by atoms with van der Waals surface area (Å²) in [6.07, 6.45) is 7.96. The first-order chi connectivity index (χ1) is 11.3. The van der Waals surface area contributed by atoms with Crippen LogP contribution >= 0.6 is 11.8 Å². The van der Waals surface area contributed by atoms with Crippen molar-refractivity contribution in [2.24, 2.45) is 0 Å². The van der Waals surface area contributed by atoms with E-state index in [0.29, 0.717) is 5.56 Å². The first-order valence-corrected chi connectivity index (χ1v) is 8.68. The van der Waals surface area contributed by atoms with Crippen molar-refractivity contribution < 1.29 is 4.79 Å². The molecule has 1 amide bonds. The third-order valence-electron chi connectivity index (χ3n) is 3.51. The van der Waals surface area contributed by atoms with E-state index in [9.17, 15) is 4.79 Å². The topological polar surface area (TPSA) is 72.2 Å². The number of thioether (sulfide) groups is 1. The maximum absolute atomic E-state index is 12.4. The number of hydrogen-bond acceptors (Lipinski definition) is 5. The van der Waals surface area contributed by atoms with Crippen LogP contribution in [0.3, 0.4) is 0 Å². The van der Waals surface area contributed by atoms with E-state index in [1.54, 1.807) is 36.3 Å². The summed E-state index contributed by atoms with van der Waals surface area (Å²) in [4.78, 5) is 16.4. The van der Waals surface area contributed by atoms with Crippen LogP contribution in [0.5, 0.6) is 0 Å². The molecule has 0 fully saturated rings. The Morgan fingerprint density at radius 1 is 1.26 bits per heavy atom. The van der Waals surface area contributed by atoms with Crippen LogP contribution in [0.15, 0.2) is 48.9 Å². The van der Waals surface area contributed by atoms with E-state index >= 15 is 0 Å². The Balaban J connectivity index is 1.87. The fourth-order valence-corrected chi connectivity index (χ4v) is 2.82. The highest BCUT2D eigenvalue weighted by atomic mass is 32.2. The summed E-state index contributed by atoms with van der Waals surface area (Å²) >= 11 is 1.74. The quantitative estimate of drug-likeness (QED) is 0.752. The van der Waals surface area contributed by atoms with E-state index in [0.717, 1.165) is 23.6 Å². The second-order valence-corrected chi connectivity index (χ2v) is 6.02. The highest BCUT2D eigenvalue weighted by molar-refractivity contribution is 7.98. The lowest BCUT2D eigenvalue weighted by Crippen LogP contribution is -2.30. The molecule has 6 nitrogen and oxygen atoms in total. The van der Waals surface area contributed by atoms with Crippen molar-refractivity contribution in [1.29, 1.82) is 0 Å². The van der Waals surface area contributed by atoms with Crippen LogP contribution < -0.4 is 5.32 Å². The van der Waals surface area contributed by atoms with E-state index in [1.165, 1.54) is 0 Å². The fourth-order valence-electron chi connectivity index (χ4n) is 2.34. The van der Waals surface area contributed by atoms with E-state index in [2.05, 4.69) is 20.5 Å². The van der Waals surface area contributed by atoms with Crippen LogP contribution in [0.4, 0.5) is 0 Å². The monoisotopic (exact) mass is 327 g/mol. The number of pyridine rings is 2. The molecule has 0 radical (unpaired) electrons. The van der Waals surface area contributed by atoms with Gasteiger partial charge in [-0.2, -0.15) is 11.8 Å². The number of nitrogens with zero attached hydrogens (tertiary/aromatic N) is 4. The van der Waals surface area contributed by atoms with Gasteiger partial charge in [-0.05, 0) is 42.7 Å². The Kier molecular flexibility index (Phi) is 4.87. The molecule has 23 heavy (non-hydrogen) atoms. The van der Waals surface area contributed by atoms with Gasteiger partial charge in [0.15, 0.2) is 11.5 Å². The Bertz CT molecular complexity index is 789. The maximum atomic E-state index is 12.4. The number of hydrogen-bond donors (Lipinski definition) is 1. The minimum absolute atomic E-state index is 0.133. The minimum atomic E-state index is -0.194. The van der Waals surface area contributed by atoms with E-state index in [-0.39, 0.29) is 11.9 Å². The van der Waals surface area contributed by atoms with Crippen molar-refractivity contribution in [1.82, 2.24) is 24.9 Å². The van der Waals surface area contributed by atoms with E-state index < -0.39 is 0 Å². The predicted octanol–water partition coefficient (Wildman–Crippen LogP) is 2.35. The summed E-state index contributed by atoms with van der Waals surface area (Å²) in [5, 5.41) is 11.5. The van der Waals surface area contributed by atoms with Crippen molar-refractivity contribution in [3.8, 4) is 0 Å². The van der Waals surface area contributed by atoms with Crippen molar-refractivity contribution in [3.05, 3.63) is 60.3 Å². The van der Waals surface area contributed by atoms with Gasteiger partial charge < -0.3 is 5.32 Å². The molecular weight excluding hydrogens is 310 g/mol. The SMILES string of the molecule is CSCC[C@@H](NC(=O)c1ccncc1)c1nnc2ccccn12.